The van der Waals surface area contributed by atoms with E-state index >= 15 is 0 Å². The van der Waals surface area contributed by atoms with Gasteiger partial charge in [0.2, 0.25) is 0 Å². The van der Waals surface area contributed by atoms with Crippen LogP contribution in [0.3, 0.4) is 0 Å². The second-order valence-electron chi connectivity index (χ2n) is 3.24. The molecule has 1 aromatic rings. The van der Waals surface area contributed by atoms with E-state index in [1.807, 2.05) is 0 Å². The topological polar surface area (TPSA) is 55.5 Å². The fourth-order valence-electron chi connectivity index (χ4n) is 1.30. The maximum absolute atomic E-state index is 12.4. The van der Waals surface area contributed by atoms with Gasteiger partial charge in [0.1, 0.15) is 5.75 Å². The molecule has 16 heavy (non-hydrogen) atoms. The van der Waals surface area contributed by atoms with Crippen LogP contribution in [0.4, 0.5) is 13.2 Å². The van der Waals surface area contributed by atoms with Crippen molar-refractivity contribution in [2.24, 2.45) is 5.73 Å². The Kier molecular flexibility index (Phi) is 3.77. The summed E-state index contributed by atoms with van der Waals surface area (Å²) in [5.41, 5.74) is 4.81. The van der Waals surface area contributed by atoms with Gasteiger partial charge in [-0.05, 0) is 18.2 Å². The fraction of sp³-hybridized carbons (Fsp3) is 0.400. The average molecular weight is 235 g/mol. The summed E-state index contributed by atoms with van der Waals surface area (Å²) in [6, 6.07) is 2.09. The van der Waals surface area contributed by atoms with E-state index in [1.165, 1.54) is 13.2 Å². The lowest BCUT2D eigenvalue weighted by Crippen LogP contribution is -2.17. The first-order chi connectivity index (χ1) is 7.40. The minimum Gasteiger partial charge on any atom is -0.496 e. The van der Waals surface area contributed by atoms with Crippen molar-refractivity contribution in [1.29, 1.82) is 0 Å². The monoisotopic (exact) mass is 235 g/mol. The predicted molar refractivity (Wildman–Crippen MR) is 52.0 cm³/mol. The highest BCUT2D eigenvalue weighted by Gasteiger charge is 2.31. The van der Waals surface area contributed by atoms with Crippen molar-refractivity contribution in [1.82, 2.24) is 0 Å². The van der Waals surface area contributed by atoms with Gasteiger partial charge in [0.15, 0.2) is 0 Å². The van der Waals surface area contributed by atoms with Crippen LogP contribution in [0.25, 0.3) is 0 Å². The number of ether oxygens (including phenoxy) is 1. The lowest BCUT2D eigenvalue weighted by Gasteiger charge is -2.16. The Morgan fingerprint density at radius 2 is 2.06 bits per heavy atom. The van der Waals surface area contributed by atoms with Crippen molar-refractivity contribution < 1.29 is 23.0 Å². The van der Waals surface area contributed by atoms with Crippen LogP contribution >= 0.6 is 0 Å². The first-order valence-electron chi connectivity index (χ1n) is 4.51. The largest absolute Gasteiger partial charge is 0.496 e. The molecule has 1 aromatic carbocycles. The number of halogens is 3. The molecule has 0 saturated heterocycles. The van der Waals surface area contributed by atoms with Gasteiger partial charge in [-0.25, -0.2) is 0 Å². The quantitative estimate of drug-likeness (QED) is 0.838. The summed E-state index contributed by atoms with van der Waals surface area (Å²) in [4.78, 5) is 0. The fourth-order valence-corrected chi connectivity index (χ4v) is 1.30. The van der Waals surface area contributed by atoms with Gasteiger partial charge in [0.25, 0.3) is 0 Å². The van der Waals surface area contributed by atoms with Gasteiger partial charge in [-0.3, -0.25) is 0 Å². The third kappa shape index (κ3) is 2.65. The average Bonchev–Trinajstić information content (AvgIpc) is 2.25. The standard InChI is InChI=1S/C10H12F3NO2/c1-16-9-3-2-6(10(11,12)13)4-7(9)8(14)5-15/h2-4,8,15H,5,14H2,1H3/t8-/m1/s1. The van der Waals surface area contributed by atoms with Gasteiger partial charge in [-0.1, -0.05) is 0 Å². The maximum atomic E-state index is 12.4. The Hall–Kier alpha value is -1.27. The summed E-state index contributed by atoms with van der Waals surface area (Å²) in [7, 11) is 1.33. The van der Waals surface area contributed by atoms with E-state index in [0.717, 1.165) is 12.1 Å². The number of benzene rings is 1. The predicted octanol–water partition coefficient (Wildman–Crippen LogP) is 1.71. The van der Waals surface area contributed by atoms with Gasteiger partial charge in [-0.2, -0.15) is 13.2 Å². The zero-order valence-corrected chi connectivity index (χ0v) is 8.58. The van der Waals surface area contributed by atoms with E-state index < -0.39 is 24.4 Å². The van der Waals surface area contributed by atoms with E-state index in [1.54, 1.807) is 0 Å². The van der Waals surface area contributed by atoms with Gasteiger partial charge in [-0.15, -0.1) is 0 Å². The molecule has 3 N–H and O–H groups in total. The Morgan fingerprint density at radius 3 is 2.50 bits per heavy atom. The molecule has 0 unspecified atom stereocenters. The zero-order valence-electron chi connectivity index (χ0n) is 8.58. The lowest BCUT2D eigenvalue weighted by molar-refractivity contribution is -0.137. The molecule has 0 bridgehead atoms. The third-order valence-corrected chi connectivity index (χ3v) is 2.15. The number of methoxy groups -OCH3 is 1. The molecule has 0 aromatic heterocycles. The minimum absolute atomic E-state index is 0.139. The Morgan fingerprint density at radius 1 is 1.44 bits per heavy atom. The second kappa shape index (κ2) is 4.71. The van der Waals surface area contributed by atoms with Crippen LogP contribution in [-0.2, 0) is 6.18 Å². The number of alkyl halides is 3. The molecule has 0 amide bonds. The van der Waals surface area contributed by atoms with Gasteiger partial charge in [0.05, 0.1) is 25.3 Å². The molecule has 90 valence electrons. The summed E-state index contributed by atoms with van der Waals surface area (Å²) < 4.78 is 42.2. The Bertz CT molecular complexity index is 366. The van der Waals surface area contributed by atoms with E-state index in [2.05, 4.69) is 0 Å². The molecule has 0 aliphatic rings. The van der Waals surface area contributed by atoms with Gasteiger partial charge in [0, 0.05) is 5.56 Å². The maximum Gasteiger partial charge on any atom is 0.416 e. The number of aliphatic hydroxyl groups excluding tert-OH is 1. The molecule has 0 fully saturated rings. The number of rotatable bonds is 3. The summed E-state index contributed by atoms with van der Waals surface area (Å²) in [6.07, 6.45) is -4.43. The molecule has 0 aliphatic carbocycles. The van der Waals surface area contributed by atoms with E-state index in [-0.39, 0.29) is 11.3 Å². The first kappa shape index (κ1) is 12.8. The normalized spacial score (nSPS) is 13.6. The van der Waals surface area contributed by atoms with Crippen molar-refractivity contribution >= 4 is 0 Å². The van der Waals surface area contributed by atoms with Crippen LogP contribution in [0, 0.1) is 0 Å². The van der Waals surface area contributed by atoms with Gasteiger partial charge < -0.3 is 15.6 Å². The van der Waals surface area contributed by atoms with E-state index in [0.29, 0.717) is 0 Å². The number of nitrogens with two attached hydrogens (primary N) is 1. The molecule has 6 heteroatoms. The molecule has 0 radical (unpaired) electrons. The molecule has 0 aliphatic heterocycles. The lowest BCUT2D eigenvalue weighted by atomic mass is 10.0. The highest BCUT2D eigenvalue weighted by Crippen LogP contribution is 2.34. The number of hydrogen-bond acceptors (Lipinski definition) is 3. The third-order valence-electron chi connectivity index (χ3n) is 2.15. The number of hydrogen-bond donors (Lipinski definition) is 2. The number of aliphatic hydroxyl groups is 1. The van der Waals surface area contributed by atoms with E-state index in [9.17, 15) is 13.2 Å². The summed E-state index contributed by atoms with van der Waals surface area (Å²) in [5.74, 6) is 0.231. The SMILES string of the molecule is COc1ccc(C(F)(F)F)cc1[C@H](N)CO. The van der Waals surface area contributed by atoms with Crippen LogP contribution in [0.5, 0.6) is 5.75 Å². The molecule has 3 nitrogen and oxygen atoms in total. The van der Waals surface area contributed by atoms with Crippen molar-refractivity contribution in [2.45, 2.75) is 12.2 Å². The highest BCUT2D eigenvalue weighted by molar-refractivity contribution is 5.40. The Labute approximate surface area is 90.6 Å². The molecule has 0 heterocycles. The first-order valence-corrected chi connectivity index (χ1v) is 4.51. The Balaban J connectivity index is 3.21. The smallest absolute Gasteiger partial charge is 0.416 e. The van der Waals surface area contributed by atoms with Crippen LogP contribution in [0.1, 0.15) is 17.2 Å². The molecular formula is C10H12F3NO2. The van der Waals surface area contributed by atoms with Crippen molar-refractivity contribution in [3.63, 3.8) is 0 Å². The van der Waals surface area contributed by atoms with Crippen LogP contribution < -0.4 is 10.5 Å². The van der Waals surface area contributed by atoms with Crippen molar-refractivity contribution in [2.75, 3.05) is 13.7 Å². The summed E-state index contributed by atoms with van der Waals surface area (Å²) in [6.45, 7) is -0.447. The van der Waals surface area contributed by atoms with Gasteiger partial charge >= 0.3 is 6.18 Å². The summed E-state index contributed by atoms with van der Waals surface area (Å²) in [5, 5.41) is 8.84. The molecule has 1 rings (SSSR count). The van der Waals surface area contributed by atoms with Crippen molar-refractivity contribution in [3.8, 4) is 5.75 Å². The minimum atomic E-state index is -4.43. The van der Waals surface area contributed by atoms with Crippen LogP contribution in [-0.4, -0.2) is 18.8 Å². The summed E-state index contributed by atoms with van der Waals surface area (Å²) >= 11 is 0. The zero-order chi connectivity index (χ0) is 12.3. The molecular weight excluding hydrogens is 223 g/mol. The van der Waals surface area contributed by atoms with E-state index in [4.69, 9.17) is 15.6 Å². The second-order valence-corrected chi connectivity index (χ2v) is 3.24. The van der Waals surface area contributed by atoms with Crippen LogP contribution in [0.15, 0.2) is 18.2 Å². The van der Waals surface area contributed by atoms with Crippen LogP contribution in [0.2, 0.25) is 0 Å². The molecule has 1 atom stereocenters. The highest BCUT2D eigenvalue weighted by atomic mass is 19.4. The molecule has 0 spiro atoms. The molecule has 0 saturated carbocycles. The van der Waals surface area contributed by atoms with Crippen molar-refractivity contribution in [3.05, 3.63) is 29.3 Å².